The number of pyridine rings is 1. The molecule has 27 heavy (non-hydrogen) atoms. The average Bonchev–Trinajstić information content (AvgIpc) is 3.44. The van der Waals surface area contributed by atoms with Crippen LogP contribution in [0.15, 0.2) is 60.1 Å². The van der Waals surface area contributed by atoms with Gasteiger partial charge in [-0.05, 0) is 18.9 Å². The summed E-state index contributed by atoms with van der Waals surface area (Å²) in [7, 11) is 0. The first-order chi connectivity index (χ1) is 13.0. The van der Waals surface area contributed by atoms with Crippen LogP contribution in [0.5, 0.6) is 0 Å². The molecule has 1 saturated carbocycles. The number of rotatable bonds is 5. The van der Waals surface area contributed by atoms with E-state index in [9.17, 15) is 4.39 Å². The molecule has 2 heterocycles. The molecule has 1 aliphatic rings. The van der Waals surface area contributed by atoms with E-state index in [0.717, 1.165) is 30.2 Å². The quantitative estimate of drug-likeness (QED) is 0.536. The molecule has 0 unspecified atom stereocenters. The highest BCUT2D eigenvalue weighted by molar-refractivity contribution is 5.97. The van der Waals surface area contributed by atoms with Gasteiger partial charge in [-0.3, -0.25) is 15.0 Å². The molecule has 4 N–H and O–H groups in total. The molecule has 7 heteroatoms. The van der Waals surface area contributed by atoms with Crippen LogP contribution in [0, 0.1) is 5.82 Å². The molecule has 1 aliphatic carbocycles. The lowest BCUT2D eigenvalue weighted by molar-refractivity contribution is 0.622. The number of halogens is 1. The summed E-state index contributed by atoms with van der Waals surface area (Å²) in [6, 6.07) is 8.98. The first-order valence-electron chi connectivity index (χ1n) is 8.65. The van der Waals surface area contributed by atoms with Crippen molar-refractivity contribution in [2.24, 2.45) is 16.5 Å². The molecule has 6 nitrogen and oxygen atoms in total. The Balaban J connectivity index is 1.56. The molecule has 0 atom stereocenters. The van der Waals surface area contributed by atoms with E-state index in [1.807, 2.05) is 24.3 Å². The number of aliphatic imine (C=N–C) groups is 1. The molecule has 4 rings (SSSR count). The monoisotopic (exact) mass is 362 g/mol. The predicted molar refractivity (Wildman–Crippen MR) is 102 cm³/mol. The van der Waals surface area contributed by atoms with Gasteiger partial charge in [0.15, 0.2) is 0 Å². The van der Waals surface area contributed by atoms with Crippen LogP contribution in [0.25, 0.3) is 22.5 Å². The number of nitrogens with two attached hydrogens (primary N) is 2. The number of benzene rings is 1. The Morgan fingerprint density at radius 1 is 1.00 bits per heavy atom. The molecular formula is C20H19FN6. The standard InChI is InChI=1S/C20H19FN6/c21-16-7-15(8-24-9-16)18-11-25-10-17(27-18)13-1-3-14(4-2-13)19(22)26-12-20(23)5-6-20/h1-4,7-11H,5-6,12,23H2,(H2,22,26). The number of aromatic nitrogens is 3. The van der Waals surface area contributed by atoms with Gasteiger partial charge in [-0.1, -0.05) is 24.3 Å². The summed E-state index contributed by atoms with van der Waals surface area (Å²) < 4.78 is 13.4. The summed E-state index contributed by atoms with van der Waals surface area (Å²) in [4.78, 5) is 17.0. The molecule has 2 aromatic heterocycles. The molecule has 1 aromatic carbocycles. The van der Waals surface area contributed by atoms with Crippen LogP contribution < -0.4 is 11.5 Å². The molecule has 0 aliphatic heterocycles. The van der Waals surface area contributed by atoms with Crippen LogP contribution in [-0.4, -0.2) is 32.9 Å². The van der Waals surface area contributed by atoms with Gasteiger partial charge in [0.2, 0.25) is 0 Å². The van der Waals surface area contributed by atoms with Crippen LogP contribution in [0.3, 0.4) is 0 Å². The lowest BCUT2D eigenvalue weighted by atomic mass is 10.1. The minimum atomic E-state index is -0.413. The fraction of sp³-hybridized carbons (Fsp3) is 0.200. The van der Waals surface area contributed by atoms with Gasteiger partial charge < -0.3 is 11.5 Å². The molecule has 0 spiro atoms. The van der Waals surface area contributed by atoms with Crippen molar-refractivity contribution in [3.63, 3.8) is 0 Å². The zero-order chi connectivity index (χ0) is 18.9. The molecule has 3 aromatic rings. The van der Waals surface area contributed by atoms with Crippen LogP contribution in [-0.2, 0) is 0 Å². The second-order valence-corrected chi connectivity index (χ2v) is 6.82. The Bertz CT molecular complexity index is 995. The molecular weight excluding hydrogens is 343 g/mol. The molecule has 0 saturated heterocycles. The van der Waals surface area contributed by atoms with Crippen LogP contribution >= 0.6 is 0 Å². The van der Waals surface area contributed by atoms with Crippen molar-refractivity contribution in [2.75, 3.05) is 6.54 Å². The van der Waals surface area contributed by atoms with Crippen molar-refractivity contribution in [2.45, 2.75) is 18.4 Å². The van der Waals surface area contributed by atoms with Gasteiger partial charge in [-0.15, -0.1) is 0 Å². The van der Waals surface area contributed by atoms with Crippen LogP contribution in [0.4, 0.5) is 4.39 Å². The van der Waals surface area contributed by atoms with Crippen LogP contribution in [0.2, 0.25) is 0 Å². The van der Waals surface area contributed by atoms with E-state index in [0.29, 0.717) is 29.3 Å². The number of hydrogen-bond acceptors (Lipinski definition) is 5. The van der Waals surface area contributed by atoms with Gasteiger partial charge in [0.1, 0.15) is 11.7 Å². The van der Waals surface area contributed by atoms with Crippen molar-refractivity contribution < 1.29 is 4.39 Å². The Morgan fingerprint density at radius 3 is 2.33 bits per heavy atom. The van der Waals surface area contributed by atoms with E-state index in [-0.39, 0.29) is 5.54 Å². The second-order valence-electron chi connectivity index (χ2n) is 6.82. The molecule has 0 radical (unpaired) electrons. The Hall–Kier alpha value is -3.19. The highest BCUT2D eigenvalue weighted by atomic mass is 19.1. The third-order valence-corrected chi connectivity index (χ3v) is 4.57. The summed E-state index contributed by atoms with van der Waals surface area (Å²) >= 11 is 0. The minimum absolute atomic E-state index is 0.160. The fourth-order valence-corrected chi connectivity index (χ4v) is 2.66. The van der Waals surface area contributed by atoms with Gasteiger partial charge in [0, 0.05) is 28.4 Å². The van der Waals surface area contributed by atoms with Gasteiger partial charge in [-0.2, -0.15) is 0 Å². The zero-order valence-corrected chi connectivity index (χ0v) is 14.6. The van der Waals surface area contributed by atoms with E-state index >= 15 is 0 Å². The largest absolute Gasteiger partial charge is 0.384 e. The summed E-state index contributed by atoms with van der Waals surface area (Å²) in [5.74, 6) is 0.0632. The summed E-state index contributed by atoms with van der Waals surface area (Å²) in [6.45, 7) is 0.551. The van der Waals surface area contributed by atoms with Crippen LogP contribution in [0.1, 0.15) is 18.4 Å². The average molecular weight is 362 g/mol. The maximum absolute atomic E-state index is 13.4. The predicted octanol–water partition coefficient (Wildman–Crippen LogP) is 2.54. The lowest BCUT2D eigenvalue weighted by Gasteiger charge is -2.07. The third-order valence-electron chi connectivity index (χ3n) is 4.57. The van der Waals surface area contributed by atoms with E-state index in [2.05, 4.69) is 19.9 Å². The highest BCUT2D eigenvalue weighted by Crippen LogP contribution is 2.32. The van der Waals surface area contributed by atoms with Crippen molar-refractivity contribution in [3.05, 3.63) is 66.5 Å². The molecule has 136 valence electrons. The van der Waals surface area contributed by atoms with Crippen molar-refractivity contribution >= 4 is 5.84 Å². The Labute approximate surface area is 156 Å². The third kappa shape index (κ3) is 3.98. The van der Waals surface area contributed by atoms with Crippen molar-refractivity contribution in [1.29, 1.82) is 0 Å². The number of amidine groups is 1. The Morgan fingerprint density at radius 2 is 1.67 bits per heavy atom. The molecule has 0 amide bonds. The minimum Gasteiger partial charge on any atom is -0.384 e. The molecule has 1 fully saturated rings. The second kappa shape index (κ2) is 6.85. The number of nitrogens with zero attached hydrogens (tertiary/aromatic N) is 4. The molecule has 0 bridgehead atoms. The van der Waals surface area contributed by atoms with E-state index < -0.39 is 5.82 Å². The van der Waals surface area contributed by atoms with E-state index in [4.69, 9.17) is 11.5 Å². The lowest BCUT2D eigenvalue weighted by Crippen LogP contribution is -2.27. The Kier molecular flexibility index (Phi) is 4.37. The SMILES string of the molecule is NC(=NCC1(N)CC1)c1ccc(-c2cncc(-c3cncc(F)c3)n2)cc1. The summed E-state index contributed by atoms with van der Waals surface area (Å²) in [6.07, 6.45) is 7.95. The van der Waals surface area contributed by atoms with Gasteiger partial charge >= 0.3 is 0 Å². The van der Waals surface area contributed by atoms with Gasteiger partial charge in [0.05, 0.1) is 36.5 Å². The normalized spacial score (nSPS) is 15.6. The maximum atomic E-state index is 13.4. The van der Waals surface area contributed by atoms with E-state index in [1.54, 1.807) is 18.6 Å². The van der Waals surface area contributed by atoms with Gasteiger partial charge in [-0.25, -0.2) is 9.37 Å². The maximum Gasteiger partial charge on any atom is 0.142 e. The first kappa shape index (κ1) is 17.2. The topological polar surface area (TPSA) is 103 Å². The highest BCUT2D eigenvalue weighted by Gasteiger charge is 2.37. The fourth-order valence-electron chi connectivity index (χ4n) is 2.66. The van der Waals surface area contributed by atoms with Gasteiger partial charge in [0.25, 0.3) is 0 Å². The zero-order valence-electron chi connectivity index (χ0n) is 14.6. The van der Waals surface area contributed by atoms with Crippen molar-refractivity contribution in [3.8, 4) is 22.5 Å². The summed E-state index contributed by atoms with van der Waals surface area (Å²) in [5.41, 5.74) is 15.5. The summed E-state index contributed by atoms with van der Waals surface area (Å²) in [5, 5.41) is 0. The van der Waals surface area contributed by atoms with Crippen molar-refractivity contribution in [1.82, 2.24) is 15.0 Å². The number of hydrogen-bond donors (Lipinski definition) is 2. The first-order valence-corrected chi connectivity index (χ1v) is 8.65. The smallest absolute Gasteiger partial charge is 0.142 e. The van der Waals surface area contributed by atoms with E-state index in [1.165, 1.54) is 6.07 Å².